The molecule has 0 aliphatic carbocycles. The van der Waals surface area contributed by atoms with E-state index < -0.39 is 0 Å². The predicted molar refractivity (Wildman–Crippen MR) is 84.2 cm³/mol. The molecule has 0 aromatic carbocycles. The van der Waals surface area contributed by atoms with Gasteiger partial charge in [0.15, 0.2) is 0 Å². The topological polar surface area (TPSA) is 0 Å². The molecule has 0 amide bonds. The summed E-state index contributed by atoms with van der Waals surface area (Å²) < 4.78 is 7.97. The highest BCUT2D eigenvalue weighted by molar-refractivity contribution is 7.80. The zero-order valence-corrected chi connectivity index (χ0v) is 12.8. The number of hydrogen-bond acceptors (Lipinski definition) is 1. The third kappa shape index (κ3) is 16.4. The van der Waals surface area contributed by atoms with E-state index in [4.69, 9.17) is 1.37 Å². The van der Waals surface area contributed by atoms with Crippen LogP contribution in [0.1, 0.15) is 98.2 Å². The largest absolute Gasteiger partial charge is 0.179 e. The van der Waals surface area contributed by atoms with Crippen LogP contribution in [0.3, 0.4) is 0 Å². The van der Waals surface area contributed by atoms with Gasteiger partial charge in [0.1, 0.15) is 0 Å². The lowest BCUT2D eigenvalue weighted by Crippen LogP contribution is -1.83. The summed E-state index contributed by atoms with van der Waals surface area (Å²) >= 11 is 4.22. The second kappa shape index (κ2) is 16.4. The molecule has 1 heteroatoms. The molecule has 17 heavy (non-hydrogen) atoms. The minimum absolute atomic E-state index is 0.214. The molecule has 0 aromatic rings. The summed E-state index contributed by atoms with van der Waals surface area (Å²) in [5.41, 5.74) is 0. The van der Waals surface area contributed by atoms with E-state index in [1.807, 2.05) is 0 Å². The summed E-state index contributed by atoms with van der Waals surface area (Å²) in [4.78, 5) is 0. The second-order valence-corrected chi connectivity index (χ2v) is 5.57. The first-order valence-corrected chi connectivity index (χ1v) is 8.47. The van der Waals surface area contributed by atoms with Crippen LogP contribution in [-0.2, 0) is 0 Å². The molecule has 0 rings (SSSR count). The van der Waals surface area contributed by atoms with Crippen LogP contribution in [0.4, 0.5) is 0 Å². The Hall–Kier alpha value is 0.350. The van der Waals surface area contributed by atoms with E-state index >= 15 is 0 Å². The molecule has 0 aliphatic rings. The number of unbranched alkanes of at least 4 members (excludes halogenated alkanes) is 9. The highest BCUT2D eigenvalue weighted by Gasteiger charge is 1.93. The van der Waals surface area contributed by atoms with Crippen LogP contribution < -0.4 is 0 Å². The summed E-state index contributed by atoms with van der Waals surface area (Å²) in [5, 5.41) is 0. The van der Waals surface area contributed by atoms with Gasteiger partial charge in [0.05, 0.1) is 0 Å². The molecular formula is C16H34S. The van der Waals surface area contributed by atoms with Crippen molar-refractivity contribution in [1.29, 1.82) is 0 Å². The smallest absolute Gasteiger partial charge is 0.0267 e. The molecule has 0 aromatic heterocycles. The van der Waals surface area contributed by atoms with Gasteiger partial charge in [-0.15, -0.1) is 0 Å². The molecule has 0 aliphatic heterocycles. The van der Waals surface area contributed by atoms with E-state index in [9.17, 15) is 0 Å². The van der Waals surface area contributed by atoms with Crippen molar-refractivity contribution in [3.05, 3.63) is 0 Å². The van der Waals surface area contributed by atoms with Crippen molar-refractivity contribution in [1.82, 2.24) is 0 Å². The second-order valence-electron chi connectivity index (χ2n) is 5.13. The summed E-state index contributed by atoms with van der Waals surface area (Å²) in [6.45, 7) is 2.24. The molecule has 0 saturated heterocycles. The highest BCUT2D eigenvalue weighted by atomic mass is 32.1. The van der Waals surface area contributed by atoms with E-state index in [1.165, 1.54) is 70.6 Å². The van der Waals surface area contributed by atoms with E-state index in [1.54, 1.807) is 0 Å². The molecule has 0 N–H and O–H groups in total. The molecule has 1 atom stereocenters. The lowest BCUT2D eigenvalue weighted by atomic mass is 10.0. The number of rotatable bonds is 14. The Kier molecular flexibility index (Phi) is 14.8. The Morgan fingerprint density at radius 3 is 1.53 bits per heavy atom. The summed E-state index contributed by atoms with van der Waals surface area (Å²) in [7, 11) is 0. The summed E-state index contributed by atoms with van der Waals surface area (Å²) in [6.07, 6.45) is 17.1. The van der Waals surface area contributed by atoms with Crippen molar-refractivity contribution >= 4 is 12.6 Å². The first kappa shape index (κ1) is 15.4. The van der Waals surface area contributed by atoms with Crippen molar-refractivity contribution in [3.63, 3.8) is 0 Å². The van der Waals surface area contributed by atoms with Gasteiger partial charge in [-0.05, 0) is 12.2 Å². The van der Waals surface area contributed by atoms with E-state index in [0.717, 1.165) is 18.6 Å². The zero-order chi connectivity index (χ0) is 13.5. The van der Waals surface area contributed by atoms with Crippen LogP contribution in [-0.4, -0.2) is 5.75 Å². The Morgan fingerprint density at radius 2 is 1.06 bits per heavy atom. The zero-order valence-electron chi connectivity index (χ0n) is 12.9. The molecule has 0 bridgehead atoms. The van der Waals surface area contributed by atoms with Crippen LogP contribution in [0.15, 0.2) is 0 Å². The molecule has 1 unspecified atom stereocenters. The minimum atomic E-state index is 0.214. The van der Waals surface area contributed by atoms with Crippen LogP contribution in [0.2, 0.25) is 0 Å². The SMILES string of the molecule is [2H]C(CCCCCC)CCCCCCCCCS. The van der Waals surface area contributed by atoms with E-state index in [0.29, 0.717) is 0 Å². The van der Waals surface area contributed by atoms with Gasteiger partial charge in [0, 0.05) is 1.37 Å². The highest BCUT2D eigenvalue weighted by Crippen LogP contribution is 2.12. The minimum Gasteiger partial charge on any atom is -0.179 e. The monoisotopic (exact) mass is 259 g/mol. The van der Waals surface area contributed by atoms with Crippen LogP contribution in [0, 0.1) is 0 Å². The molecule has 0 heterocycles. The van der Waals surface area contributed by atoms with Crippen molar-refractivity contribution in [2.24, 2.45) is 0 Å². The maximum Gasteiger partial charge on any atom is 0.0267 e. The van der Waals surface area contributed by atoms with Gasteiger partial charge in [-0.3, -0.25) is 0 Å². The first-order valence-electron chi connectivity index (χ1n) is 8.42. The van der Waals surface area contributed by atoms with Gasteiger partial charge in [0.25, 0.3) is 0 Å². The Labute approximate surface area is 117 Å². The Morgan fingerprint density at radius 1 is 0.647 bits per heavy atom. The van der Waals surface area contributed by atoms with Crippen molar-refractivity contribution in [3.8, 4) is 0 Å². The maximum atomic E-state index is 7.97. The average Bonchev–Trinajstić information content (AvgIpc) is 2.38. The van der Waals surface area contributed by atoms with E-state index in [2.05, 4.69) is 19.6 Å². The Balaban J connectivity index is 3.08. The molecular weight excluding hydrogens is 224 g/mol. The molecule has 0 spiro atoms. The fraction of sp³-hybridized carbons (Fsp3) is 1.00. The fourth-order valence-electron chi connectivity index (χ4n) is 2.14. The molecule has 0 nitrogen and oxygen atoms in total. The van der Waals surface area contributed by atoms with Crippen LogP contribution in [0.5, 0.6) is 0 Å². The summed E-state index contributed by atoms with van der Waals surface area (Å²) in [6, 6.07) is 0. The van der Waals surface area contributed by atoms with Crippen molar-refractivity contribution < 1.29 is 1.37 Å². The first-order chi connectivity index (χ1) is 8.81. The third-order valence-corrected chi connectivity index (χ3v) is 3.64. The molecule has 0 saturated carbocycles. The predicted octanol–water partition coefficient (Wildman–Crippen LogP) is 6.40. The van der Waals surface area contributed by atoms with E-state index in [-0.39, 0.29) is 6.40 Å². The lowest BCUT2D eigenvalue weighted by Gasteiger charge is -2.02. The normalized spacial score (nSPS) is 13.6. The third-order valence-electron chi connectivity index (χ3n) is 3.33. The molecule has 0 fully saturated rings. The van der Waals surface area contributed by atoms with Gasteiger partial charge in [-0.2, -0.15) is 12.6 Å². The van der Waals surface area contributed by atoms with Crippen molar-refractivity contribution in [2.45, 2.75) is 96.8 Å². The van der Waals surface area contributed by atoms with Crippen LogP contribution in [0.25, 0.3) is 0 Å². The van der Waals surface area contributed by atoms with Gasteiger partial charge in [0.2, 0.25) is 0 Å². The van der Waals surface area contributed by atoms with Crippen LogP contribution >= 0.6 is 12.6 Å². The Bertz CT molecular complexity index is 150. The lowest BCUT2D eigenvalue weighted by molar-refractivity contribution is 0.538. The van der Waals surface area contributed by atoms with Crippen molar-refractivity contribution in [2.75, 3.05) is 5.75 Å². The molecule has 104 valence electrons. The summed E-state index contributed by atoms with van der Waals surface area (Å²) in [5.74, 6) is 1.04. The van der Waals surface area contributed by atoms with Gasteiger partial charge < -0.3 is 0 Å². The fourth-order valence-corrected chi connectivity index (χ4v) is 2.37. The van der Waals surface area contributed by atoms with Gasteiger partial charge >= 0.3 is 0 Å². The van der Waals surface area contributed by atoms with Gasteiger partial charge in [-0.25, -0.2) is 0 Å². The average molecular weight is 260 g/mol. The molecule has 0 radical (unpaired) electrons. The standard InChI is InChI=1S/C16H34S/c1-2-3-4-5-6-7-8-9-10-11-12-13-14-15-16-17/h17H,2-16H2,1H3/i7D. The number of hydrogen-bond donors (Lipinski definition) is 1. The number of thiol groups is 1. The maximum absolute atomic E-state index is 7.97. The van der Waals surface area contributed by atoms with Gasteiger partial charge in [-0.1, -0.05) is 90.4 Å². The quantitative estimate of drug-likeness (QED) is 0.271.